The Kier molecular flexibility index (Phi) is 1.71. The highest BCUT2D eigenvalue weighted by molar-refractivity contribution is 5.94. The molecule has 0 heterocycles. The molecule has 0 bridgehead atoms. The summed E-state index contributed by atoms with van der Waals surface area (Å²) in [5, 5.41) is 0. The molecule has 2 heteroatoms. The van der Waals surface area contributed by atoms with Crippen LogP contribution in [0.15, 0.2) is 24.3 Å². The Morgan fingerprint density at radius 2 is 2.10 bits per heavy atom. The van der Waals surface area contributed by atoms with Gasteiger partial charge in [-0.2, -0.15) is 0 Å². The maximum Gasteiger partial charge on any atom is 1.00 e. The molecule has 0 aliphatic carbocycles. The van der Waals surface area contributed by atoms with Crippen LogP contribution in [0.2, 0.25) is 0 Å². The van der Waals surface area contributed by atoms with Gasteiger partial charge in [0, 0.05) is 5.56 Å². The Morgan fingerprint density at radius 3 is 2.50 bits per heavy atom. The first-order valence-corrected chi connectivity index (χ1v) is 3.07. The molecule has 1 aromatic rings. The van der Waals surface area contributed by atoms with Gasteiger partial charge in [-0.15, -0.1) is 0 Å². The number of nitrogens with two attached hydrogens (primary N) is 1. The predicted octanol–water partition coefficient (Wildman–Crippen LogP) is 1.21. The first-order valence-electron chi connectivity index (χ1n) is 3.07. The number of carbonyl (C=O) groups excluding carboxylic acids is 1. The second-order valence-corrected chi connectivity index (χ2v) is 2.18. The number of benzene rings is 1. The average molecular weight is 136 g/mol. The average Bonchev–Trinajstić information content (AvgIpc) is 1.88. The van der Waals surface area contributed by atoms with Crippen molar-refractivity contribution >= 4 is 5.91 Å². The van der Waals surface area contributed by atoms with Gasteiger partial charge in [0.25, 0.3) is 0 Å². The summed E-state index contributed by atoms with van der Waals surface area (Å²) in [6.07, 6.45) is 0. The van der Waals surface area contributed by atoms with Crippen LogP contribution in [-0.4, -0.2) is 5.91 Å². The number of aryl methyl sites for hydroxylation is 1. The molecule has 0 spiro atoms. The van der Waals surface area contributed by atoms with Gasteiger partial charge < -0.3 is 5.73 Å². The number of rotatable bonds is 1. The molecular formula is C8H10NO+. The van der Waals surface area contributed by atoms with Crippen LogP contribution in [-0.2, 0) is 0 Å². The highest BCUT2D eigenvalue weighted by Gasteiger charge is 2.00. The summed E-state index contributed by atoms with van der Waals surface area (Å²) >= 11 is 0. The van der Waals surface area contributed by atoms with E-state index in [0.717, 1.165) is 5.56 Å². The standard InChI is InChI=1S/C8H9NO/c1-6-4-2-3-5-7(6)8(9)10/h2-5H,1H3,(H2,9,10)/p+1. The molecule has 1 rings (SSSR count). The SMILES string of the molecule is Cc1ccccc1C(N)=O.[H+]. The van der Waals surface area contributed by atoms with E-state index in [9.17, 15) is 4.79 Å². The molecule has 0 radical (unpaired) electrons. The summed E-state index contributed by atoms with van der Waals surface area (Å²) in [6, 6.07) is 7.26. The van der Waals surface area contributed by atoms with Crippen molar-refractivity contribution in [1.82, 2.24) is 0 Å². The molecule has 2 N–H and O–H groups in total. The van der Waals surface area contributed by atoms with E-state index in [0.29, 0.717) is 5.56 Å². The molecule has 1 amide bonds. The third-order valence-corrected chi connectivity index (χ3v) is 1.41. The lowest BCUT2D eigenvalue weighted by Gasteiger charge is -1.97. The van der Waals surface area contributed by atoms with Crippen molar-refractivity contribution < 1.29 is 6.22 Å². The molecule has 0 saturated carbocycles. The lowest BCUT2D eigenvalue weighted by atomic mass is 10.1. The van der Waals surface area contributed by atoms with Crippen LogP contribution >= 0.6 is 0 Å². The largest absolute Gasteiger partial charge is 1.00 e. The van der Waals surface area contributed by atoms with E-state index < -0.39 is 0 Å². The van der Waals surface area contributed by atoms with Gasteiger partial charge in [0.05, 0.1) is 0 Å². The molecule has 52 valence electrons. The Labute approximate surface area is 61.1 Å². The Hall–Kier alpha value is -1.31. The zero-order chi connectivity index (χ0) is 7.56. The summed E-state index contributed by atoms with van der Waals surface area (Å²) < 4.78 is 0. The number of primary amides is 1. The van der Waals surface area contributed by atoms with E-state index in [1.807, 2.05) is 19.1 Å². The topological polar surface area (TPSA) is 43.1 Å². The van der Waals surface area contributed by atoms with Crippen molar-refractivity contribution in [3.8, 4) is 0 Å². The molecular weight excluding hydrogens is 126 g/mol. The normalized spacial score (nSPS) is 9.30. The summed E-state index contributed by atoms with van der Waals surface area (Å²) in [5.74, 6) is -0.363. The zero-order valence-electron chi connectivity index (χ0n) is 6.79. The zero-order valence-corrected chi connectivity index (χ0v) is 5.79. The fourth-order valence-electron chi connectivity index (χ4n) is 0.849. The van der Waals surface area contributed by atoms with E-state index in [2.05, 4.69) is 0 Å². The van der Waals surface area contributed by atoms with Gasteiger partial charge in [-0.1, -0.05) is 18.2 Å². The van der Waals surface area contributed by atoms with Gasteiger partial charge in [0.15, 0.2) is 0 Å². The van der Waals surface area contributed by atoms with Gasteiger partial charge >= 0.3 is 1.43 Å². The Balaban J connectivity index is 0.000001000. The van der Waals surface area contributed by atoms with Gasteiger partial charge in [-0.25, -0.2) is 0 Å². The second kappa shape index (κ2) is 2.52. The van der Waals surface area contributed by atoms with Gasteiger partial charge in [0.2, 0.25) is 5.91 Å². The van der Waals surface area contributed by atoms with Gasteiger partial charge in [0.1, 0.15) is 0 Å². The van der Waals surface area contributed by atoms with Crippen LogP contribution in [0, 0.1) is 6.92 Å². The smallest absolute Gasteiger partial charge is 0.366 e. The summed E-state index contributed by atoms with van der Waals surface area (Å²) in [5.41, 5.74) is 6.60. The first kappa shape index (κ1) is 6.81. The maximum absolute atomic E-state index is 10.6. The fraction of sp³-hybridized carbons (Fsp3) is 0.125. The molecule has 0 aromatic heterocycles. The fourth-order valence-corrected chi connectivity index (χ4v) is 0.849. The summed E-state index contributed by atoms with van der Waals surface area (Å²) in [4.78, 5) is 10.6. The van der Waals surface area contributed by atoms with E-state index in [4.69, 9.17) is 5.73 Å². The van der Waals surface area contributed by atoms with E-state index in [1.165, 1.54) is 0 Å². The quantitative estimate of drug-likeness (QED) is 0.619. The Morgan fingerprint density at radius 1 is 1.50 bits per heavy atom. The lowest BCUT2D eigenvalue weighted by molar-refractivity contribution is 0.1000. The Bertz CT molecular complexity index is 260. The minimum absolute atomic E-state index is 0. The van der Waals surface area contributed by atoms with Gasteiger partial charge in [-0.3, -0.25) is 4.79 Å². The second-order valence-electron chi connectivity index (χ2n) is 2.18. The summed E-state index contributed by atoms with van der Waals surface area (Å²) in [6.45, 7) is 1.86. The van der Waals surface area contributed by atoms with Crippen molar-refractivity contribution in [2.24, 2.45) is 5.73 Å². The van der Waals surface area contributed by atoms with Crippen LogP contribution in [0.1, 0.15) is 17.3 Å². The minimum Gasteiger partial charge on any atom is -0.366 e. The van der Waals surface area contributed by atoms with Crippen molar-refractivity contribution in [2.75, 3.05) is 0 Å². The highest BCUT2D eigenvalue weighted by Crippen LogP contribution is 2.04. The van der Waals surface area contributed by atoms with Crippen LogP contribution < -0.4 is 5.73 Å². The molecule has 0 aliphatic rings. The van der Waals surface area contributed by atoms with Gasteiger partial charge in [-0.05, 0) is 18.6 Å². The number of hydrogen-bond donors (Lipinski definition) is 1. The van der Waals surface area contributed by atoms with Crippen LogP contribution in [0.4, 0.5) is 0 Å². The highest BCUT2D eigenvalue weighted by atomic mass is 16.1. The third kappa shape index (κ3) is 1.16. The van der Waals surface area contributed by atoms with E-state index >= 15 is 0 Å². The minimum atomic E-state index is -0.363. The molecule has 2 nitrogen and oxygen atoms in total. The maximum atomic E-state index is 10.6. The van der Waals surface area contributed by atoms with Crippen molar-refractivity contribution in [2.45, 2.75) is 6.92 Å². The van der Waals surface area contributed by atoms with Crippen LogP contribution in [0.25, 0.3) is 0 Å². The van der Waals surface area contributed by atoms with Crippen LogP contribution in [0.3, 0.4) is 0 Å². The summed E-state index contributed by atoms with van der Waals surface area (Å²) in [7, 11) is 0. The van der Waals surface area contributed by atoms with E-state index in [-0.39, 0.29) is 7.33 Å². The molecule has 1 aromatic carbocycles. The monoisotopic (exact) mass is 136 g/mol. The number of hydrogen-bond acceptors (Lipinski definition) is 1. The first-order chi connectivity index (χ1) is 4.72. The van der Waals surface area contributed by atoms with E-state index in [1.54, 1.807) is 12.1 Å². The van der Waals surface area contributed by atoms with Crippen molar-refractivity contribution in [1.29, 1.82) is 0 Å². The molecule has 0 saturated heterocycles. The predicted molar refractivity (Wildman–Crippen MR) is 40.8 cm³/mol. The number of carbonyl (C=O) groups is 1. The third-order valence-electron chi connectivity index (χ3n) is 1.41. The number of amides is 1. The molecule has 10 heavy (non-hydrogen) atoms. The van der Waals surface area contributed by atoms with Crippen LogP contribution in [0.5, 0.6) is 0 Å². The molecule has 0 atom stereocenters. The van der Waals surface area contributed by atoms with Crippen molar-refractivity contribution in [3.05, 3.63) is 35.4 Å². The molecule has 0 aliphatic heterocycles. The lowest BCUT2D eigenvalue weighted by Crippen LogP contribution is -2.12. The van der Waals surface area contributed by atoms with Crippen molar-refractivity contribution in [3.63, 3.8) is 0 Å². The molecule has 0 unspecified atom stereocenters. The molecule has 0 fully saturated rings.